The standard InChI is InChI=1S/C20H23FN4O3/c1-2-27-20(26)23-9-16-11-25(13-28-16)15-5-6-19(17(21)8-15)24-10-14-4-3-7-22-18(14)12-24/h3-8,16H,2,9-13H2,1H3,(H,23,26)/p+1/t16-/m0/s1. The Morgan fingerprint density at radius 1 is 1.36 bits per heavy atom. The minimum atomic E-state index is -0.255. The molecule has 0 spiro atoms. The summed E-state index contributed by atoms with van der Waals surface area (Å²) in [4.78, 5) is 11.1. The molecule has 148 valence electrons. The van der Waals surface area contributed by atoms with Crippen LogP contribution < -0.4 is 14.8 Å². The number of aromatic nitrogens is 1. The number of ether oxygens (including phenoxy) is 2. The van der Waals surface area contributed by atoms with Gasteiger partial charge in [-0.25, -0.2) is 4.39 Å². The highest BCUT2D eigenvalue weighted by atomic mass is 19.1. The van der Waals surface area contributed by atoms with Gasteiger partial charge in [0.2, 0.25) is 0 Å². The summed E-state index contributed by atoms with van der Waals surface area (Å²) in [7, 11) is 0. The second-order valence-corrected chi connectivity index (χ2v) is 6.86. The third kappa shape index (κ3) is 3.87. The topological polar surface area (TPSA) is 72.0 Å². The molecule has 0 unspecified atom stereocenters. The zero-order chi connectivity index (χ0) is 19.5. The van der Waals surface area contributed by atoms with E-state index < -0.39 is 0 Å². The van der Waals surface area contributed by atoms with Gasteiger partial charge in [0.15, 0.2) is 6.54 Å². The molecule has 0 aliphatic carbocycles. The zero-order valence-electron chi connectivity index (χ0n) is 15.8. The Morgan fingerprint density at radius 2 is 2.25 bits per heavy atom. The molecule has 1 aromatic carbocycles. The first-order valence-corrected chi connectivity index (χ1v) is 9.40. The van der Waals surface area contributed by atoms with Crippen LogP contribution in [0.1, 0.15) is 18.2 Å². The zero-order valence-corrected chi connectivity index (χ0v) is 15.8. The highest BCUT2D eigenvalue weighted by molar-refractivity contribution is 5.59. The van der Waals surface area contributed by atoms with Gasteiger partial charge < -0.3 is 24.4 Å². The number of benzene rings is 1. The smallest absolute Gasteiger partial charge is 0.430 e. The lowest BCUT2D eigenvalue weighted by Crippen LogP contribution is -2.76. The number of halogens is 1. The fourth-order valence-corrected chi connectivity index (χ4v) is 3.56. The van der Waals surface area contributed by atoms with Gasteiger partial charge in [0.1, 0.15) is 18.7 Å². The molecule has 1 fully saturated rings. The molecule has 0 radical (unpaired) electrons. The van der Waals surface area contributed by atoms with Crippen molar-refractivity contribution in [2.45, 2.75) is 26.1 Å². The van der Waals surface area contributed by atoms with Crippen molar-refractivity contribution in [2.75, 3.05) is 36.2 Å². The fraction of sp³-hybridized carbons (Fsp3) is 0.400. The van der Waals surface area contributed by atoms with Crippen LogP contribution in [-0.2, 0) is 22.6 Å². The molecular formula is C20H24FN4O3+. The number of aliphatic hydroxyl groups excluding tert-OH is 1. The van der Waals surface area contributed by atoms with E-state index in [2.05, 4.69) is 9.98 Å². The molecule has 1 atom stereocenters. The lowest BCUT2D eigenvalue weighted by molar-refractivity contribution is -0.488. The lowest BCUT2D eigenvalue weighted by Gasteiger charge is -2.21. The third-order valence-corrected chi connectivity index (χ3v) is 4.98. The molecule has 0 saturated carbocycles. The first-order valence-electron chi connectivity index (χ1n) is 9.40. The Bertz CT molecular complexity index is 851. The van der Waals surface area contributed by atoms with Gasteiger partial charge in [-0.3, -0.25) is 4.98 Å². The quantitative estimate of drug-likeness (QED) is 0.588. The molecular weight excluding hydrogens is 363 g/mol. The summed E-state index contributed by atoms with van der Waals surface area (Å²) in [5, 5.41) is 9.48. The van der Waals surface area contributed by atoms with Crippen molar-refractivity contribution < 1.29 is 24.0 Å². The average Bonchev–Trinajstić information content (AvgIpc) is 3.33. The van der Waals surface area contributed by atoms with Gasteiger partial charge in [-0.2, -0.15) is 4.99 Å². The summed E-state index contributed by atoms with van der Waals surface area (Å²) < 4.78 is 25.5. The van der Waals surface area contributed by atoms with Crippen LogP contribution in [0, 0.1) is 5.82 Å². The normalized spacial score (nSPS) is 19.2. The maximum Gasteiger partial charge on any atom is 0.545 e. The second-order valence-electron chi connectivity index (χ2n) is 6.86. The second kappa shape index (κ2) is 8.02. The van der Waals surface area contributed by atoms with Crippen LogP contribution in [0.5, 0.6) is 0 Å². The van der Waals surface area contributed by atoms with Gasteiger partial charge in [-0.05, 0) is 36.8 Å². The molecule has 4 rings (SSSR count). The number of aliphatic hydroxyl groups is 1. The van der Waals surface area contributed by atoms with E-state index in [-0.39, 0.29) is 18.0 Å². The molecule has 3 heterocycles. The average molecular weight is 387 g/mol. The van der Waals surface area contributed by atoms with Crippen LogP contribution >= 0.6 is 0 Å². The van der Waals surface area contributed by atoms with E-state index in [1.807, 2.05) is 34.1 Å². The Labute approximate surface area is 163 Å². The number of hydrogen-bond acceptors (Lipinski definition) is 5. The van der Waals surface area contributed by atoms with Gasteiger partial charge in [0, 0.05) is 18.4 Å². The lowest BCUT2D eigenvalue weighted by atomic mass is 10.2. The molecule has 0 amide bonds. The summed E-state index contributed by atoms with van der Waals surface area (Å²) in [5.74, 6) is -0.255. The van der Waals surface area contributed by atoms with Gasteiger partial charge in [-0.1, -0.05) is 6.07 Å². The molecule has 1 aromatic heterocycles. The largest absolute Gasteiger partial charge is 0.545 e. The highest BCUT2D eigenvalue weighted by Crippen LogP contribution is 2.31. The number of nitrogens with zero attached hydrogens (tertiary/aromatic N) is 3. The van der Waals surface area contributed by atoms with Crippen LogP contribution in [-0.4, -0.2) is 48.7 Å². The van der Waals surface area contributed by atoms with E-state index in [1.54, 1.807) is 19.2 Å². The molecule has 2 aliphatic heterocycles. The molecule has 1 saturated heterocycles. The molecule has 2 N–H and O–H groups in total. The minimum absolute atomic E-state index is 0.121. The van der Waals surface area contributed by atoms with Crippen molar-refractivity contribution in [2.24, 2.45) is 0 Å². The van der Waals surface area contributed by atoms with Crippen molar-refractivity contribution >= 4 is 17.5 Å². The summed E-state index contributed by atoms with van der Waals surface area (Å²) in [6.45, 7) is 4.86. The van der Waals surface area contributed by atoms with Crippen molar-refractivity contribution in [3.05, 3.63) is 53.6 Å². The van der Waals surface area contributed by atoms with Crippen LogP contribution in [0.25, 0.3) is 0 Å². The maximum atomic E-state index is 14.8. The van der Waals surface area contributed by atoms with Gasteiger partial charge in [0.05, 0.1) is 31.1 Å². The van der Waals surface area contributed by atoms with Gasteiger partial charge in [0.25, 0.3) is 0 Å². The Morgan fingerprint density at radius 3 is 3.04 bits per heavy atom. The Hall–Kier alpha value is -2.87. The number of hydrogen-bond donors (Lipinski definition) is 2. The molecule has 7 nitrogen and oxygen atoms in total. The highest BCUT2D eigenvalue weighted by Gasteiger charge is 2.27. The first-order chi connectivity index (χ1) is 13.6. The third-order valence-electron chi connectivity index (χ3n) is 4.98. The summed E-state index contributed by atoms with van der Waals surface area (Å²) >= 11 is 0. The predicted octanol–water partition coefficient (Wildman–Crippen LogP) is 0.935. The van der Waals surface area contributed by atoms with Crippen molar-refractivity contribution in [1.29, 1.82) is 0 Å². The van der Waals surface area contributed by atoms with E-state index in [9.17, 15) is 9.50 Å². The number of nitrogens with one attached hydrogen (secondary N) is 1. The maximum absolute atomic E-state index is 14.8. The number of rotatable bonds is 5. The number of anilines is 2. The molecule has 8 heteroatoms. The first kappa shape index (κ1) is 18.5. The predicted molar refractivity (Wildman–Crippen MR) is 103 cm³/mol. The molecule has 2 aromatic rings. The van der Waals surface area contributed by atoms with Crippen LogP contribution in [0.4, 0.5) is 15.8 Å². The summed E-state index contributed by atoms with van der Waals surface area (Å²) in [5.41, 5.74) is 3.50. The monoisotopic (exact) mass is 387 g/mol. The summed E-state index contributed by atoms with van der Waals surface area (Å²) in [6.07, 6.45) is 1.44. The van der Waals surface area contributed by atoms with Gasteiger partial charge >= 0.3 is 6.08 Å². The van der Waals surface area contributed by atoms with Crippen molar-refractivity contribution in [3.63, 3.8) is 0 Å². The van der Waals surface area contributed by atoms with Crippen LogP contribution in [0.3, 0.4) is 0 Å². The SMILES string of the molecule is CCOC(O)=[NH+]C[C@H]1CN(c2ccc(N3Cc4cccnc4C3)c(F)c2)CO1. The molecule has 0 bridgehead atoms. The van der Waals surface area contributed by atoms with E-state index in [1.165, 1.54) is 0 Å². The van der Waals surface area contributed by atoms with E-state index in [0.29, 0.717) is 45.2 Å². The van der Waals surface area contributed by atoms with E-state index >= 15 is 0 Å². The number of fused-ring (bicyclic) bond motifs is 1. The van der Waals surface area contributed by atoms with E-state index in [4.69, 9.17) is 9.47 Å². The van der Waals surface area contributed by atoms with E-state index in [0.717, 1.165) is 16.9 Å². The Balaban J connectivity index is 1.40. The van der Waals surface area contributed by atoms with Crippen molar-refractivity contribution in [3.8, 4) is 0 Å². The summed E-state index contributed by atoms with van der Waals surface area (Å²) in [6, 6.07) is 9.22. The van der Waals surface area contributed by atoms with Crippen LogP contribution in [0.15, 0.2) is 36.5 Å². The fourth-order valence-electron chi connectivity index (χ4n) is 3.56. The molecule has 2 aliphatic rings. The Kier molecular flexibility index (Phi) is 5.29. The van der Waals surface area contributed by atoms with Gasteiger partial charge in [-0.15, -0.1) is 0 Å². The minimum Gasteiger partial charge on any atom is -0.430 e. The van der Waals surface area contributed by atoms with Crippen molar-refractivity contribution in [1.82, 2.24) is 4.98 Å². The molecule has 28 heavy (non-hydrogen) atoms. The van der Waals surface area contributed by atoms with Crippen LogP contribution in [0.2, 0.25) is 0 Å². The number of pyridine rings is 1.